The second-order valence-corrected chi connectivity index (χ2v) is 6.98. The van der Waals surface area contributed by atoms with Crippen LogP contribution in [0.1, 0.15) is 36.5 Å². The molecule has 0 aliphatic carbocycles. The fourth-order valence-electron chi connectivity index (χ4n) is 2.92. The first-order valence-corrected chi connectivity index (χ1v) is 9.77. The maximum absolute atomic E-state index is 12.2. The Morgan fingerprint density at radius 1 is 1.07 bits per heavy atom. The van der Waals surface area contributed by atoms with E-state index in [1.807, 2.05) is 49.4 Å². The van der Waals surface area contributed by atoms with E-state index in [9.17, 15) is 4.79 Å². The van der Waals surface area contributed by atoms with Gasteiger partial charge in [0.25, 0.3) is 5.89 Å². The Hall–Kier alpha value is -3.61. The first-order chi connectivity index (χ1) is 14.6. The van der Waals surface area contributed by atoms with Crippen molar-refractivity contribution in [1.82, 2.24) is 10.2 Å². The zero-order chi connectivity index (χ0) is 20.9. The SMILES string of the molecule is Cc1ccc(-c2nnc([C@H](C)OC(=O)/C=C/c3ccc4c(c3)OCCCO4)o2)cc1. The van der Waals surface area contributed by atoms with E-state index in [2.05, 4.69) is 10.2 Å². The summed E-state index contributed by atoms with van der Waals surface area (Å²) in [4.78, 5) is 12.2. The highest BCUT2D eigenvalue weighted by Crippen LogP contribution is 2.31. The van der Waals surface area contributed by atoms with Crippen molar-refractivity contribution in [3.63, 3.8) is 0 Å². The third-order valence-electron chi connectivity index (χ3n) is 4.56. The number of carbonyl (C=O) groups is 1. The van der Waals surface area contributed by atoms with Crippen LogP contribution in [-0.2, 0) is 9.53 Å². The second-order valence-electron chi connectivity index (χ2n) is 6.98. The maximum Gasteiger partial charge on any atom is 0.331 e. The third kappa shape index (κ3) is 4.68. The van der Waals surface area contributed by atoms with Crippen LogP contribution in [0.4, 0.5) is 0 Å². The molecule has 2 aromatic carbocycles. The zero-order valence-electron chi connectivity index (χ0n) is 16.8. The van der Waals surface area contributed by atoms with Crippen LogP contribution in [0.15, 0.2) is 53.0 Å². The first kappa shape index (κ1) is 19.7. The summed E-state index contributed by atoms with van der Waals surface area (Å²) in [6, 6.07) is 13.3. The average molecular weight is 406 g/mol. The summed E-state index contributed by atoms with van der Waals surface area (Å²) in [5.41, 5.74) is 2.76. The van der Waals surface area contributed by atoms with Crippen molar-refractivity contribution in [2.24, 2.45) is 0 Å². The Labute approximate surface area is 174 Å². The summed E-state index contributed by atoms with van der Waals surface area (Å²) in [6.07, 6.45) is 3.19. The van der Waals surface area contributed by atoms with Gasteiger partial charge in [-0.25, -0.2) is 4.79 Å². The lowest BCUT2D eigenvalue weighted by atomic mass is 10.1. The molecule has 0 spiro atoms. The molecule has 7 heteroatoms. The number of nitrogens with zero attached hydrogens (tertiary/aromatic N) is 2. The lowest BCUT2D eigenvalue weighted by Gasteiger charge is -2.08. The third-order valence-corrected chi connectivity index (χ3v) is 4.56. The Balaban J connectivity index is 1.38. The quantitative estimate of drug-likeness (QED) is 0.455. The van der Waals surface area contributed by atoms with Crippen molar-refractivity contribution in [3.8, 4) is 23.0 Å². The van der Waals surface area contributed by atoms with E-state index in [0.717, 1.165) is 23.1 Å². The van der Waals surface area contributed by atoms with Gasteiger partial charge in [0.05, 0.1) is 13.2 Å². The number of hydrogen-bond donors (Lipinski definition) is 0. The van der Waals surface area contributed by atoms with Crippen LogP contribution in [0.3, 0.4) is 0 Å². The van der Waals surface area contributed by atoms with Crippen molar-refractivity contribution in [3.05, 3.63) is 65.6 Å². The van der Waals surface area contributed by atoms with Gasteiger partial charge in [-0.2, -0.15) is 0 Å². The molecule has 0 unspecified atom stereocenters. The van der Waals surface area contributed by atoms with E-state index >= 15 is 0 Å². The number of fused-ring (bicyclic) bond motifs is 1. The molecule has 1 aliphatic rings. The van der Waals surface area contributed by atoms with E-state index in [0.29, 0.717) is 30.6 Å². The molecule has 0 N–H and O–H groups in total. The normalized spacial score (nSPS) is 14.3. The Morgan fingerprint density at radius 2 is 1.83 bits per heavy atom. The highest BCUT2D eigenvalue weighted by molar-refractivity contribution is 5.87. The molecule has 3 aromatic rings. The van der Waals surface area contributed by atoms with Crippen LogP contribution in [0.2, 0.25) is 0 Å². The molecule has 4 rings (SSSR count). The van der Waals surface area contributed by atoms with Crippen LogP contribution in [0, 0.1) is 6.92 Å². The van der Waals surface area contributed by atoms with Gasteiger partial charge in [0.2, 0.25) is 5.89 Å². The van der Waals surface area contributed by atoms with E-state index < -0.39 is 12.1 Å². The predicted octanol–water partition coefficient (Wildman–Crippen LogP) is 4.52. The lowest BCUT2D eigenvalue weighted by Crippen LogP contribution is -2.06. The highest BCUT2D eigenvalue weighted by atomic mass is 16.6. The summed E-state index contributed by atoms with van der Waals surface area (Å²) in [6.45, 7) is 4.93. The number of rotatable bonds is 5. The topological polar surface area (TPSA) is 83.7 Å². The summed E-state index contributed by atoms with van der Waals surface area (Å²) >= 11 is 0. The summed E-state index contributed by atoms with van der Waals surface area (Å²) in [7, 11) is 0. The smallest absolute Gasteiger partial charge is 0.331 e. The van der Waals surface area contributed by atoms with Crippen LogP contribution in [0.25, 0.3) is 17.5 Å². The molecule has 7 nitrogen and oxygen atoms in total. The second kappa shape index (κ2) is 8.82. The van der Waals surface area contributed by atoms with E-state index in [1.165, 1.54) is 6.08 Å². The largest absolute Gasteiger partial charge is 0.490 e. The molecule has 0 amide bonds. The number of esters is 1. The molecule has 2 heterocycles. The Bertz CT molecular complexity index is 1060. The molecular formula is C23H22N2O5. The van der Waals surface area contributed by atoms with Crippen molar-refractivity contribution in [2.75, 3.05) is 13.2 Å². The lowest BCUT2D eigenvalue weighted by molar-refractivity contribution is -0.143. The first-order valence-electron chi connectivity index (χ1n) is 9.77. The number of carbonyl (C=O) groups excluding carboxylic acids is 1. The predicted molar refractivity (Wildman–Crippen MR) is 110 cm³/mol. The Kier molecular flexibility index (Phi) is 5.79. The van der Waals surface area contributed by atoms with Gasteiger partial charge in [0, 0.05) is 18.1 Å². The van der Waals surface area contributed by atoms with Gasteiger partial charge in [-0.15, -0.1) is 10.2 Å². The number of benzene rings is 2. The molecule has 0 bridgehead atoms. The molecule has 30 heavy (non-hydrogen) atoms. The molecule has 1 aromatic heterocycles. The highest BCUT2D eigenvalue weighted by Gasteiger charge is 2.18. The molecule has 0 saturated carbocycles. The summed E-state index contributed by atoms with van der Waals surface area (Å²) in [5.74, 6) is 1.50. The molecular weight excluding hydrogens is 384 g/mol. The molecule has 1 aliphatic heterocycles. The number of ether oxygens (including phenoxy) is 3. The summed E-state index contributed by atoms with van der Waals surface area (Å²) < 4.78 is 22.3. The molecule has 1 atom stereocenters. The molecule has 0 fully saturated rings. The van der Waals surface area contributed by atoms with Gasteiger partial charge in [-0.3, -0.25) is 0 Å². The van der Waals surface area contributed by atoms with Crippen LogP contribution < -0.4 is 9.47 Å². The Morgan fingerprint density at radius 3 is 2.63 bits per heavy atom. The number of hydrogen-bond acceptors (Lipinski definition) is 7. The fourth-order valence-corrected chi connectivity index (χ4v) is 2.92. The van der Waals surface area contributed by atoms with Crippen molar-refractivity contribution in [2.45, 2.75) is 26.4 Å². The number of aromatic nitrogens is 2. The minimum Gasteiger partial charge on any atom is -0.490 e. The minimum atomic E-state index is -0.669. The fraction of sp³-hybridized carbons (Fsp3) is 0.261. The molecule has 0 radical (unpaired) electrons. The van der Waals surface area contributed by atoms with Gasteiger partial charge in [0.1, 0.15) is 0 Å². The van der Waals surface area contributed by atoms with Crippen molar-refractivity contribution < 1.29 is 23.4 Å². The van der Waals surface area contributed by atoms with E-state index in [1.54, 1.807) is 13.0 Å². The standard InChI is InChI=1S/C23H22N2O5/c1-15-4-8-18(9-5-15)23-25-24-22(30-23)16(2)29-21(26)11-7-17-6-10-19-20(14-17)28-13-3-12-27-19/h4-11,14,16H,3,12-13H2,1-2H3/b11-7+/t16-/m0/s1. The van der Waals surface area contributed by atoms with Gasteiger partial charge >= 0.3 is 5.97 Å². The molecule has 154 valence electrons. The van der Waals surface area contributed by atoms with Crippen LogP contribution in [-0.4, -0.2) is 29.4 Å². The average Bonchev–Trinajstić information content (AvgIpc) is 3.12. The molecule has 0 saturated heterocycles. The van der Waals surface area contributed by atoms with Gasteiger partial charge in [-0.1, -0.05) is 23.8 Å². The van der Waals surface area contributed by atoms with Gasteiger partial charge in [0.15, 0.2) is 17.6 Å². The zero-order valence-corrected chi connectivity index (χ0v) is 16.8. The van der Waals surface area contributed by atoms with Gasteiger partial charge < -0.3 is 18.6 Å². The summed E-state index contributed by atoms with van der Waals surface area (Å²) in [5, 5.41) is 8.03. The maximum atomic E-state index is 12.2. The van der Waals surface area contributed by atoms with E-state index in [-0.39, 0.29) is 5.89 Å². The minimum absolute atomic E-state index is 0.239. The van der Waals surface area contributed by atoms with Crippen LogP contribution >= 0.6 is 0 Å². The monoisotopic (exact) mass is 406 g/mol. The van der Waals surface area contributed by atoms with Crippen LogP contribution in [0.5, 0.6) is 11.5 Å². The van der Waals surface area contributed by atoms with E-state index in [4.69, 9.17) is 18.6 Å². The van der Waals surface area contributed by atoms with Crippen molar-refractivity contribution >= 4 is 12.0 Å². The van der Waals surface area contributed by atoms with Crippen molar-refractivity contribution in [1.29, 1.82) is 0 Å². The number of aryl methyl sites for hydroxylation is 1. The van der Waals surface area contributed by atoms with Gasteiger partial charge in [-0.05, 0) is 49.8 Å².